The molecule has 1 rings (SSSR count). The lowest BCUT2D eigenvalue weighted by Gasteiger charge is -2.55. The number of carbonyl (C=O) groups excluding carboxylic acids is 1. The third-order valence-corrected chi connectivity index (χ3v) is 3.16. The van der Waals surface area contributed by atoms with E-state index in [2.05, 4.69) is 5.32 Å². The molecule has 3 nitrogen and oxygen atoms in total. The molecule has 1 aliphatic rings. The third-order valence-electron chi connectivity index (χ3n) is 3.16. The van der Waals surface area contributed by atoms with Gasteiger partial charge in [0.25, 0.3) is 5.92 Å². The van der Waals surface area contributed by atoms with Gasteiger partial charge in [-0.2, -0.15) is 0 Å². The van der Waals surface area contributed by atoms with Crippen LogP contribution in [0.3, 0.4) is 0 Å². The van der Waals surface area contributed by atoms with Gasteiger partial charge in [-0.3, -0.25) is 4.79 Å². The Bertz CT molecular complexity index is 263. The van der Waals surface area contributed by atoms with E-state index in [0.29, 0.717) is 0 Å². The van der Waals surface area contributed by atoms with Crippen molar-refractivity contribution in [2.75, 3.05) is 6.54 Å². The Labute approximate surface area is 88.4 Å². The molecule has 3 N–H and O–H groups in total. The smallest absolute Gasteiger partial charge is 0.251 e. The molecule has 1 aliphatic carbocycles. The van der Waals surface area contributed by atoms with Crippen molar-refractivity contribution in [1.29, 1.82) is 0 Å². The van der Waals surface area contributed by atoms with E-state index < -0.39 is 17.4 Å². The summed E-state index contributed by atoms with van der Waals surface area (Å²) in [5, 5.41) is 2.87. The van der Waals surface area contributed by atoms with Crippen molar-refractivity contribution in [3.8, 4) is 0 Å². The van der Waals surface area contributed by atoms with E-state index in [1.165, 1.54) is 0 Å². The Kier molecular flexibility index (Phi) is 2.80. The molecule has 0 bridgehead atoms. The highest BCUT2D eigenvalue weighted by Crippen LogP contribution is 2.53. The van der Waals surface area contributed by atoms with E-state index >= 15 is 0 Å². The fraction of sp³-hybridized carbons (Fsp3) is 0.900. The van der Waals surface area contributed by atoms with E-state index in [1.54, 1.807) is 0 Å². The average Bonchev–Trinajstić information content (AvgIpc) is 1.93. The molecule has 88 valence electrons. The maximum Gasteiger partial charge on any atom is 0.251 e. The summed E-state index contributed by atoms with van der Waals surface area (Å²) in [5.74, 6) is -3.13. The highest BCUT2D eigenvalue weighted by Gasteiger charge is 2.61. The number of nitrogens with one attached hydrogen (secondary N) is 1. The number of alkyl halides is 2. The zero-order valence-corrected chi connectivity index (χ0v) is 9.36. The van der Waals surface area contributed by atoms with Gasteiger partial charge in [-0.1, -0.05) is 20.8 Å². The first kappa shape index (κ1) is 12.4. The number of hydrogen-bond acceptors (Lipinski definition) is 2. The lowest BCUT2D eigenvalue weighted by Crippen LogP contribution is -2.68. The normalized spacial score (nSPS) is 23.3. The van der Waals surface area contributed by atoms with Crippen LogP contribution in [0.1, 0.15) is 33.6 Å². The van der Waals surface area contributed by atoms with Crippen LogP contribution in [0.5, 0.6) is 0 Å². The van der Waals surface area contributed by atoms with Gasteiger partial charge in [-0.15, -0.1) is 0 Å². The van der Waals surface area contributed by atoms with Crippen LogP contribution in [-0.2, 0) is 4.79 Å². The minimum atomic E-state index is -2.61. The first-order valence-electron chi connectivity index (χ1n) is 4.99. The summed E-state index contributed by atoms with van der Waals surface area (Å²) in [7, 11) is 0. The van der Waals surface area contributed by atoms with Crippen LogP contribution in [-0.4, -0.2) is 23.9 Å². The predicted octanol–water partition coefficient (Wildman–Crippen LogP) is 1.28. The molecule has 0 aromatic carbocycles. The molecule has 0 heterocycles. The largest absolute Gasteiger partial charge is 0.369 e. The number of nitrogens with two attached hydrogens (primary N) is 1. The number of rotatable bonds is 3. The molecule has 5 heteroatoms. The number of primary amides is 1. The summed E-state index contributed by atoms with van der Waals surface area (Å²) in [6, 6.07) is 0. The van der Waals surface area contributed by atoms with E-state index in [4.69, 9.17) is 5.73 Å². The third kappa shape index (κ3) is 2.45. The molecule has 0 unspecified atom stereocenters. The summed E-state index contributed by atoms with van der Waals surface area (Å²) in [6.45, 7) is 5.61. The minimum absolute atomic E-state index is 0.0483. The summed E-state index contributed by atoms with van der Waals surface area (Å²) >= 11 is 0. The van der Waals surface area contributed by atoms with Gasteiger partial charge < -0.3 is 11.1 Å². The first-order valence-corrected chi connectivity index (χ1v) is 4.99. The molecule has 0 spiro atoms. The molecular formula is C10H18F2N2O. The molecule has 0 aliphatic heterocycles. The van der Waals surface area contributed by atoms with Gasteiger partial charge in [0.1, 0.15) is 0 Å². The second-order valence-corrected chi connectivity index (χ2v) is 5.36. The molecule has 1 amide bonds. The Morgan fingerprint density at radius 1 is 1.40 bits per heavy atom. The molecule has 15 heavy (non-hydrogen) atoms. The second-order valence-electron chi connectivity index (χ2n) is 5.36. The SMILES string of the molecule is CC(C)(C)C1(NCC(N)=O)CC(F)(F)C1. The average molecular weight is 220 g/mol. The van der Waals surface area contributed by atoms with Gasteiger partial charge >= 0.3 is 0 Å². The fourth-order valence-corrected chi connectivity index (χ4v) is 2.01. The van der Waals surface area contributed by atoms with E-state index in [0.717, 1.165) is 0 Å². The fourth-order valence-electron chi connectivity index (χ4n) is 2.01. The van der Waals surface area contributed by atoms with Crippen LogP contribution in [0.2, 0.25) is 0 Å². The van der Waals surface area contributed by atoms with Crippen molar-refractivity contribution in [2.24, 2.45) is 11.1 Å². The lowest BCUT2D eigenvalue weighted by molar-refractivity contribution is -0.168. The summed E-state index contributed by atoms with van der Waals surface area (Å²) in [6.07, 6.45) is -0.451. The van der Waals surface area contributed by atoms with Crippen molar-refractivity contribution in [3.63, 3.8) is 0 Å². The van der Waals surface area contributed by atoms with E-state index in [-0.39, 0.29) is 24.8 Å². The van der Waals surface area contributed by atoms with Crippen molar-refractivity contribution in [2.45, 2.75) is 45.1 Å². The minimum Gasteiger partial charge on any atom is -0.369 e. The Hall–Kier alpha value is -0.710. The van der Waals surface area contributed by atoms with Gasteiger partial charge in [0.2, 0.25) is 5.91 Å². The van der Waals surface area contributed by atoms with E-state index in [9.17, 15) is 13.6 Å². The van der Waals surface area contributed by atoms with Crippen LogP contribution < -0.4 is 11.1 Å². The Morgan fingerprint density at radius 2 is 1.87 bits per heavy atom. The number of halogens is 2. The zero-order chi connectivity index (χ0) is 11.9. The van der Waals surface area contributed by atoms with Crippen LogP contribution in [0, 0.1) is 5.41 Å². The zero-order valence-electron chi connectivity index (χ0n) is 9.36. The molecule has 1 fully saturated rings. The monoisotopic (exact) mass is 220 g/mol. The van der Waals surface area contributed by atoms with Gasteiger partial charge in [0, 0.05) is 18.4 Å². The summed E-state index contributed by atoms with van der Waals surface area (Å²) in [5.41, 5.74) is 4.01. The Balaban J connectivity index is 2.69. The van der Waals surface area contributed by atoms with Crippen LogP contribution >= 0.6 is 0 Å². The quantitative estimate of drug-likeness (QED) is 0.752. The van der Waals surface area contributed by atoms with Crippen molar-refractivity contribution < 1.29 is 13.6 Å². The van der Waals surface area contributed by atoms with Crippen LogP contribution in [0.4, 0.5) is 8.78 Å². The standard InChI is InChI=1S/C10H18F2N2O/c1-8(2,3)9(14-4-7(13)15)5-10(11,12)6-9/h14H,4-6H2,1-3H3,(H2,13,15). The Morgan fingerprint density at radius 3 is 2.13 bits per heavy atom. The van der Waals surface area contributed by atoms with E-state index in [1.807, 2.05) is 20.8 Å². The molecule has 0 atom stereocenters. The van der Waals surface area contributed by atoms with Crippen LogP contribution in [0.15, 0.2) is 0 Å². The maximum absolute atomic E-state index is 12.9. The number of hydrogen-bond donors (Lipinski definition) is 2. The lowest BCUT2D eigenvalue weighted by atomic mass is 9.59. The predicted molar refractivity (Wildman–Crippen MR) is 53.6 cm³/mol. The molecule has 0 saturated heterocycles. The van der Waals surface area contributed by atoms with Crippen LogP contribution in [0.25, 0.3) is 0 Å². The van der Waals surface area contributed by atoms with Gasteiger partial charge in [0.05, 0.1) is 6.54 Å². The van der Waals surface area contributed by atoms with Gasteiger partial charge in [0.15, 0.2) is 0 Å². The maximum atomic E-state index is 12.9. The molecule has 0 aromatic heterocycles. The summed E-state index contributed by atoms with van der Waals surface area (Å²) < 4.78 is 25.9. The second kappa shape index (κ2) is 3.40. The number of carbonyl (C=O) groups is 1. The molecule has 1 saturated carbocycles. The number of amides is 1. The topological polar surface area (TPSA) is 55.1 Å². The van der Waals surface area contributed by atoms with Crippen molar-refractivity contribution in [3.05, 3.63) is 0 Å². The first-order chi connectivity index (χ1) is 6.58. The highest BCUT2D eigenvalue weighted by atomic mass is 19.3. The van der Waals surface area contributed by atoms with Gasteiger partial charge in [-0.05, 0) is 5.41 Å². The van der Waals surface area contributed by atoms with Crippen molar-refractivity contribution in [1.82, 2.24) is 5.32 Å². The van der Waals surface area contributed by atoms with Gasteiger partial charge in [-0.25, -0.2) is 8.78 Å². The molecule has 0 aromatic rings. The molecule has 0 radical (unpaired) electrons. The van der Waals surface area contributed by atoms with Crippen molar-refractivity contribution >= 4 is 5.91 Å². The molecular weight excluding hydrogens is 202 g/mol. The highest BCUT2D eigenvalue weighted by molar-refractivity contribution is 5.76. The summed E-state index contributed by atoms with van der Waals surface area (Å²) in [4.78, 5) is 10.6.